The van der Waals surface area contributed by atoms with Crippen LogP contribution in [0.4, 0.5) is 0 Å². The molecule has 2 aromatic rings. The fraction of sp³-hybridized carbons (Fsp3) is 0.360. The van der Waals surface area contributed by atoms with E-state index >= 15 is 0 Å². The SMILES string of the molecule is Cc1ccc(S(=O)(=O)OCCOCCOc2ccc3c(c2)C(=O)N(C2CCC(=O)NC2=O)C3=O)cc1C. The first-order valence-corrected chi connectivity index (χ1v) is 13.0. The molecule has 4 rings (SSSR count). The first-order valence-electron chi connectivity index (χ1n) is 11.6. The molecule has 1 fully saturated rings. The van der Waals surface area contributed by atoms with Gasteiger partial charge < -0.3 is 9.47 Å². The lowest BCUT2D eigenvalue weighted by molar-refractivity contribution is -0.136. The summed E-state index contributed by atoms with van der Waals surface area (Å²) in [5.74, 6) is -2.02. The maximum atomic E-state index is 12.8. The number of hydrogen-bond acceptors (Lipinski definition) is 9. The van der Waals surface area contributed by atoms with Crippen LogP contribution in [0.1, 0.15) is 44.7 Å². The van der Waals surface area contributed by atoms with Crippen LogP contribution in [0.2, 0.25) is 0 Å². The van der Waals surface area contributed by atoms with E-state index in [1.54, 1.807) is 12.1 Å². The Morgan fingerprint density at radius 2 is 1.62 bits per heavy atom. The summed E-state index contributed by atoms with van der Waals surface area (Å²) in [6, 6.07) is 8.11. The molecule has 1 saturated heterocycles. The van der Waals surface area contributed by atoms with Gasteiger partial charge in [-0.1, -0.05) is 6.07 Å². The molecule has 2 heterocycles. The molecule has 2 aliphatic heterocycles. The molecule has 0 aliphatic carbocycles. The van der Waals surface area contributed by atoms with Gasteiger partial charge in [0.25, 0.3) is 21.9 Å². The number of fused-ring (bicyclic) bond motifs is 1. The molecule has 1 atom stereocenters. The van der Waals surface area contributed by atoms with Gasteiger partial charge in [0.1, 0.15) is 18.4 Å². The van der Waals surface area contributed by atoms with Gasteiger partial charge in [-0.25, -0.2) is 0 Å². The van der Waals surface area contributed by atoms with Crippen LogP contribution in [0.25, 0.3) is 0 Å². The second-order valence-electron chi connectivity index (χ2n) is 8.64. The highest BCUT2D eigenvalue weighted by atomic mass is 32.2. The average Bonchev–Trinajstić information content (AvgIpc) is 3.09. The third-order valence-electron chi connectivity index (χ3n) is 6.14. The summed E-state index contributed by atoms with van der Waals surface area (Å²) < 4.78 is 40.5. The molecule has 0 spiro atoms. The van der Waals surface area contributed by atoms with Crippen LogP contribution >= 0.6 is 0 Å². The lowest BCUT2D eigenvalue weighted by Gasteiger charge is -2.27. The number of nitrogens with one attached hydrogen (secondary N) is 1. The molecule has 0 aromatic heterocycles. The number of rotatable bonds is 10. The van der Waals surface area contributed by atoms with Gasteiger partial charge in [0.15, 0.2) is 0 Å². The van der Waals surface area contributed by atoms with Gasteiger partial charge in [-0.15, -0.1) is 0 Å². The van der Waals surface area contributed by atoms with Gasteiger partial charge in [-0.3, -0.25) is 33.6 Å². The van der Waals surface area contributed by atoms with Crippen molar-refractivity contribution in [2.75, 3.05) is 26.4 Å². The number of carbonyl (C=O) groups is 4. The Hall–Kier alpha value is -3.61. The Labute approximate surface area is 213 Å². The average molecular weight is 531 g/mol. The zero-order chi connectivity index (χ0) is 26.7. The summed E-state index contributed by atoms with van der Waals surface area (Å²) in [5.41, 5.74) is 2.09. The fourth-order valence-corrected chi connectivity index (χ4v) is 4.98. The van der Waals surface area contributed by atoms with Crippen LogP contribution in [-0.2, 0) is 28.6 Å². The number of carbonyl (C=O) groups excluding carboxylic acids is 4. The molecule has 0 radical (unpaired) electrons. The monoisotopic (exact) mass is 530 g/mol. The topological polar surface area (TPSA) is 145 Å². The van der Waals surface area contributed by atoms with Crippen LogP contribution in [0.3, 0.4) is 0 Å². The maximum absolute atomic E-state index is 12.8. The van der Waals surface area contributed by atoms with Gasteiger partial charge in [0, 0.05) is 6.42 Å². The summed E-state index contributed by atoms with van der Waals surface area (Å²) in [5, 5.41) is 2.15. The van der Waals surface area contributed by atoms with E-state index < -0.39 is 39.8 Å². The number of nitrogens with zero attached hydrogens (tertiary/aromatic N) is 1. The third-order valence-corrected chi connectivity index (χ3v) is 7.45. The Balaban J connectivity index is 1.24. The van der Waals surface area contributed by atoms with E-state index in [1.807, 2.05) is 13.8 Å². The van der Waals surface area contributed by atoms with E-state index in [-0.39, 0.29) is 55.3 Å². The van der Waals surface area contributed by atoms with Crippen molar-refractivity contribution in [3.8, 4) is 5.75 Å². The minimum atomic E-state index is -3.89. The summed E-state index contributed by atoms with van der Waals surface area (Å²) in [4.78, 5) is 50.1. The van der Waals surface area contributed by atoms with Crippen molar-refractivity contribution >= 4 is 33.7 Å². The summed E-state index contributed by atoms with van der Waals surface area (Å²) in [6.07, 6.45) is 0.118. The minimum absolute atomic E-state index is 0.0194. The fourth-order valence-electron chi connectivity index (χ4n) is 4.00. The minimum Gasteiger partial charge on any atom is -0.491 e. The molecule has 11 nitrogen and oxygen atoms in total. The van der Waals surface area contributed by atoms with Crippen molar-refractivity contribution in [3.05, 3.63) is 58.7 Å². The van der Waals surface area contributed by atoms with Gasteiger partial charge in [0.05, 0.1) is 35.8 Å². The molecule has 37 heavy (non-hydrogen) atoms. The predicted molar refractivity (Wildman–Crippen MR) is 128 cm³/mol. The van der Waals surface area contributed by atoms with E-state index in [2.05, 4.69) is 5.32 Å². The molecule has 2 aliphatic rings. The van der Waals surface area contributed by atoms with Crippen molar-refractivity contribution in [1.29, 1.82) is 0 Å². The molecule has 196 valence electrons. The molecule has 2 aromatic carbocycles. The zero-order valence-corrected chi connectivity index (χ0v) is 21.1. The number of amides is 4. The van der Waals surface area contributed by atoms with Crippen LogP contribution in [0.15, 0.2) is 41.3 Å². The smallest absolute Gasteiger partial charge is 0.297 e. The molecule has 1 unspecified atom stereocenters. The van der Waals surface area contributed by atoms with Crippen molar-refractivity contribution in [3.63, 3.8) is 0 Å². The quantitative estimate of drug-likeness (QED) is 0.274. The van der Waals surface area contributed by atoms with Crippen molar-refractivity contribution < 1.29 is 41.3 Å². The first kappa shape index (κ1) is 26.5. The third kappa shape index (κ3) is 5.71. The van der Waals surface area contributed by atoms with E-state index in [1.165, 1.54) is 24.3 Å². The molecule has 1 N–H and O–H groups in total. The Bertz CT molecular complexity index is 1370. The van der Waals surface area contributed by atoms with Gasteiger partial charge >= 0.3 is 0 Å². The van der Waals surface area contributed by atoms with E-state index in [4.69, 9.17) is 13.7 Å². The lowest BCUT2D eigenvalue weighted by atomic mass is 10.0. The van der Waals surface area contributed by atoms with Crippen molar-refractivity contribution in [2.24, 2.45) is 0 Å². The van der Waals surface area contributed by atoms with Crippen LogP contribution in [-0.4, -0.2) is 69.4 Å². The largest absolute Gasteiger partial charge is 0.491 e. The van der Waals surface area contributed by atoms with E-state index in [0.29, 0.717) is 5.75 Å². The van der Waals surface area contributed by atoms with Crippen LogP contribution < -0.4 is 10.1 Å². The molecule has 0 bridgehead atoms. The van der Waals surface area contributed by atoms with Crippen molar-refractivity contribution in [2.45, 2.75) is 37.6 Å². The predicted octanol–water partition coefficient (Wildman–Crippen LogP) is 1.51. The maximum Gasteiger partial charge on any atom is 0.297 e. The van der Waals surface area contributed by atoms with E-state index in [0.717, 1.165) is 16.0 Å². The van der Waals surface area contributed by atoms with Gasteiger partial charge in [-0.2, -0.15) is 8.42 Å². The zero-order valence-electron chi connectivity index (χ0n) is 20.3. The number of aryl methyl sites for hydroxylation is 2. The molecular formula is C25H26N2O9S. The van der Waals surface area contributed by atoms with Gasteiger partial charge in [0.2, 0.25) is 11.8 Å². The number of hydrogen-bond donors (Lipinski definition) is 1. The Kier molecular flexibility index (Phi) is 7.71. The number of ether oxygens (including phenoxy) is 2. The first-order chi connectivity index (χ1) is 17.6. The highest BCUT2D eigenvalue weighted by Crippen LogP contribution is 2.30. The highest BCUT2D eigenvalue weighted by Gasteiger charge is 2.44. The summed E-state index contributed by atoms with van der Waals surface area (Å²) >= 11 is 0. The van der Waals surface area contributed by atoms with E-state index in [9.17, 15) is 27.6 Å². The highest BCUT2D eigenvalue weighted by molar-refractivity contribution is 7.86. The molecule has 0 saturated carbocycles. The lowest BCUT2D eigenvalue weighted by Crippen LogP contribution is -2.54. The van der Waals surface area contributed by atoms with Crippen LogP contribution in [0, 0.1) is 13.8 Å². The second-order valence-corrected chi connectivity index (χ2v) is 10.3. The molecule has 12 heteroatoms. The van der Waals surface area contributed by atoms with Crippen molar-refractivity contribution in [1.82, 2.24) is 10.2 Å². The number of benzene rings is 2. The normalized spacial score (nSPS) is 17.7. The summed E-state index contributed by atoms with van der Waals surface area (Å²) in [6.45, 7) is 3.78. The summed E-state index contributed by atoms with van der Waals surface area (Å²) in [7, 11) is -3.89. The van der Waals surface area contributed by atoms with Gasteiger partial charge in [-0.05, 0) is 61.7 Å². The molecular weight excluding hydrogens is 504 g/mol. The number of imide groups is 2. The number of piperidine rings is 1. The standard InChI is InChI=1S/C25H26N2O9S/c1-15-3-5-18(13-16(15)2)37(32,33)36-12-10-34-9-11-35-17-4-6-19-20(14-17)25(31)27(24(19)30)21-7-8-22(28)26-23(21)29/h3-6,13-14,21H,7-12H2,1-2H3,(H,26,28,29). The van der Waals surface area contributed by atoms with Crippen LogP contribution in [0.5, 0.6) is 5.75 Å². The molecule has 4 amide bonds. The Morgan fingerprint density at radius 1 is 0.892 bits per heavy atom. The Morgan fingerprint density at radius 3 is 2.35 bits per heavy atom. The second kappa shape index (κ2) is 10.8.